The molecular weight excluding hydrogens is 440 g/mol. The Balaban J connectivity index is 1.67. The average molecular weight is 470 g/mol. The number of aromatic nitrogens is 4. The molecule has 4 aromatic rings. The van der Waals surface area contributed by atoms with E-state index in [1.807, 2.05) is 36.7 Å². The summed E-state index contributed by atoms with van der Waals surface area (Å²) in [4.78, 5) is 4.38. The largest absolute Gasteiger partial charge is 0.489 e. The summed E-state index contributed by atoms with van der Waals surface area (Å²) in [6.45, 7) is 5.92. The van der Waals surface area contributed by atoms with Gasteiger partial charge in [0.25, 0.3) is 0 Å². The number of fused-ring (bicyclic) bond motifs is 1. The van der Waals surface area contributed by atoms with Crippen molar-refractivity contribution in [3.63, 3.8) is 0 Å². The molecule has 0 aliphatic heterocycles. The predicted molar refractivity (Wildman–Crippen MR) is 126 cm³/mol. The number of hydrogen-bond donors (Lipinski definition) is 2. The molecule has 0 spiro atoms. The van der Waals surface area contributed by atoms with E-state index in [1.54, 1.807) is 31.8 Å². The summed E-state index contributed by atoms with van der Waals surface area (Å²) in [7, 11) is 3.64. The molecule has 7 nitrogen and oxygen atoms in total. The lowest BCUT2D eigenvalue weighted by Crippen LogP contribution is -2.19. The van der Waals surface area contributed by atoms with E-state index in [1.165, 1.54) is 6.07 Å². The fourth-order valence-electron chi connectivity index (χ4n) is 4.10. The summed E-state index contributed by atoms with van der Waals surface area (Å²) in [6.07, 6.45) is 3.99. The Bertz CT molecular complexity index is 1340. The number of ether oxygens (including phenoxy) is 1. The molecular formula is C25H29F2N5O2. The van der Waals surface area contributed by atoms with Gasteiger partial charge < -0.3 is 19.6 Å². The topological polar surface area (TPSA) is 76.6 Å². The Labute approximate surface area is 197 Å². The van der Waals surface area contributed by atoms with Crippen LogP contribution in [0.15, 0.2) is 36.7 Å². The van der Waals surface area contributed by atoms with E-state index < -0.39 is 17.2 Å². The molecule has 0 bridgehead atoms. The predicted octanol–water partition coefficient (Wildman–Crippen LogP) is 3.89. The molecule has 180 valence electrons. The van der Waals surface area contributed by atoms with E-state index in [0.29, 0.717) is 29.8 Å². The van der Waals surface area contributed by atoms with Gasteiger partial charge in [0.2, 0.25) is 5.82 Å². The van der Waals surface area contributed by atoms with Crippen molar-refractivity contribution < 1.29 is 18.6 Å². The molecule has 0 unspecified atom stereocenters. The second-order valence-corrected chi connectivity index (χ2v) is 8.86. The van der Waals surface area contributed by atoms with Gasteiger partial charge in [0.05, 0.1) is 24.2 Å². The van der Waals surface area contributed by atoms with Gasteiger partial charge in [-0.1, -0.05) is 0 Å². The van der Waals surface area contributed by atoms with E-state index in [9.17, 15) is 13.9 Å². The SMILES string of the molecule is CNCc1cnc2ccc(-c3ccc(F)c(F)c3OCCc3c(C(C)(C)O)nn(C)c3C)cn12. The van der Waals surface area contributed by atoms with Crippen LogP contribution >= 0.6 is 0 Å². The second kappa shape index (κ2) is 9.15. The third-order valence-corrected chi connectivity index (χ3v) is 5.94. The van der Waals surface area contributed by atoms with E-state index in [2.05, 4.69) is 15.4 Å². The zero-order valence-corrected chi connectivity index (χ0v) is 20.0. The number of aliphatic hydroxyl groups is 1. The monoisotopic (exact) mass is 469 g/mol. The number of benzene rings is 1. The van der Waals surface area contributed by atoms with Crippen molar-refractivity contribution in [2.45, 2.75) is 39.3 Å². The first kappa shape index (κ1) is 23.8. The minimum atomic E-state index is -1.14. The summed E-state index contributed by atoms with van der Waals surface area (Å²) in [5.41, 5.74) is 3.91. The van der Waals surface area contributed by atoms with Crippen molar-refractivity contribution in [3.05, 3.63) is 70.9 Å². The number of aryl methyl sites for hydroxylation is 1. The molecule has 0 aliphatic rings. The maximum absolute atomic E-state index is 14.9. The average Bonchev–Trinajstić information content (AvgIpc) is 3.32. The van der Waals surface area contributed by atoms with Crippen LogP contribution in [0.4, 0.5) is 8.78 Å². The minimum absolute atomic E-state index is 0.0846. The molecule has 0 radical (unpaired) electrons. The van der Waals surface area contributed by atoms with Crippen LogP contribution in [-0.2, 0) is 25.6 Å². The zero-order chi connectivity index (χ0) is 24.6. The molecule has 0 atom stereocenters. The third-order valence-electron chi connectivity index (χ3n) is 5.94. The van der Waals surface area contributed by atoms with Crippen molar-refractivity contribution in [2.75, 3.05) is 13.7 Å². The van der Waals surface area contributed by atoms with Crippen LogP contribution in [0, 0.1) is 18.6 Å². The molecule has 3 aromatic heterocycles. The molecule has 2 N–H and O–H groups in total. The van der Waals surface area contributed by atoms with Gasteiger partial charge in [-0.05, 0) is 52.1 Å². The van der Waals surface area contributed by atoms with E-state index in [4.69, 9.17) is 4.74 Å². The Morgan fingerprint density at radius 2 is 1.94 bits per heavy atom. The number of imidazole rings is 1. The first-order valence-corrected chi connectivity index (χ1v) is 11.1. The van der Waals surface area contributed by atoms with Crippen LogP contribution in [0.2, 0.25) is 0 Å². The summed E-state index contributed by atoms with van der Waals surface area (Å²) in [5, 5.41) is 18.0. The Morgan fingerprint density at radius 1 is 1.18 bits per heavy atom. The zero-order valence-electron chi connectivity index (χ0n) is 20.0. The molecule has 0 saturated carbocycles. The maximum atomic E-state index is 14.9. The van der Waals surface area contributed by atoms with Crippen LogP contribution in [0.5, 0.6) is 5.75 Å². The fraction of sp³-hybridized carbons (Fsp3) is 0.360. The van der Waals surface area contributed by atoms with Gasteiger partial charge in [-0.15, -0.1) is 0 Å². The molecule has 4 rings (SSSR count). The molecule has 0 saturated heterocycles. The lowest BCUT2D eigenvalue weighted by atomic mass is 9.98. The number of halogens is 2. The van der Waals surface area contributed by atoms with Crippen molar-refractivity contribution in [3.8, 4) is 16.9 Å². The minimum Gasteiger partial charge on any atom is -0.489 e. The van der Waals surface area contributed by atoms with Gasteiger partial charge in [0, 0.05) is 48.6 Å². The number of nitrogens with zero attached hydrogens (tertiary/aromatic N) is 4. The van der Waals surface area contributed by atoms with Gasteiger partial charge in [-0.3, -0.25) is 4.68 Å². The van der Waals surface area contributed by atoms with E-state index in [-0.39, 0.29) is 12.4 Å². The van der Waals surface area contributed by atoms with Crippen molar-refractivity contribution >= 4 is 5.65 Å². The van der Waals surface area contributed by atoms with Gasteiger partial charge >= 0.3 is 0 Å². The van der Waals surface area contributed by atoms with Gasteiger partial charge in [0.1, 0.15) is 11.2 Å². The summed E-state index contributed by atoms with van der Waals surface area (Å²) < 4.78 is 38.5. The van der Waals surface area contributed by atoms with Crippen molar-refractivity contribution in [1.82, 2.24) is 24.5 Å². The van der Waals surface area contributed by atoms with Crippen LogP contribution < -0.4 is 10.1 Å². The fourth-order valence-corrected chi connectivity index (χ4v) is 4.10. The Morgan fingerprint density at radius 3 is 2.65 bits per heavy atom. The van der Waals surface area contributed by atoms with Gasteiger partial charge in [-0.25, -0.2) is 9.37 Å². The summed E-state index contributed by atoms with van der Waals surface area (Å²) in [6, 6.07) is 6.25. The summed E-state index contributed by atoms with van der Waals surface area (Å²) >= 11 is 0. The van der Waals surface area contributed by atoms with E-state index >= 15 is 0 Å². The van der Waals surface area contributed by atoms with Gasteiger partial charge in [-0.2, -0.15) is 9.49 Å². The molecule has 1 aromatic carbocycles. The van der Waals surface area contributed by atoms with Crippen LogP contribution in [0.3, 0.4) is 0 Å². The highest BCUT2D eigenvalue weighted by atomic mass is 19.2. The highest BCUT2D eigenvalue weighted by Gasteiger charge is 2.26. The Kier molecular flexibility index (Phi) is 6.42. The number of nitrogens with one attached hydrogen (secondary N) is 1. The highest BCUT2D eigenvalue weighted by Crippen LogP contribution is 2.35. The quantitative estimate of drug-likeness (QED) is 0.410. The molecule has 0 aliphatic carbocycles. The van der Waals surface area contributed by atoms with Crippen LogP contribution in [0.25, 0.3) is 16.8 Å². The molecule has 0 fully saturated rings. The first-order chi connectivity index (χ1) is 16.1. The van der Waals surface area contributed by atoms with Crippen LogP contribution in [0.1, 0.15) is 36.5 Å². The molecule has 34 heavy (non-hydrogen) atoms. The van der Waals surface area contributed by atoms with Gasteiger partial charge in [0.15, 0.2) is 11.6 Å². The summed E-state index contributed by atoms with van der Waals surface area (Å²) in [5.74, 6) is -2.17. The molecule has 9 heteroatoms. The highest BCUT2D eigenvalue weighted by molar-refractivity contribution is 5.71. The lowest BCUT2D eigenvalue weighted by Gasteiger charge is -2.17. The lowest BCUT2D eigenvalue weighted by molar-refractivity contribution is 0.0721. The standard InChI is InChI=1S/C25H29F2N5O2/c1-15-18(24(25(2,3)33)30-31(15)5)10-11-34-23-19(7-8-20(26)22(23)27)16-6-9-21-29-13-17(12-28-4)32(21)14-16/h6-9,13-14,28,33H,10-12H2,1-5H3. The normalized spacial score (nSPS) is 12.0. The van der Waals surface area contributed by atoms with Crippen molar-refractivity contribution in [1.29, 1.82) is 0 Å². The van der Waals surface area contributed by atoms with Crippen molar-refractivity contribution in [2.24, 2.45) is 7.05 Å². The third kappa shape index (κ3) is 4.41. The number of rotatable bonds is 8. The Hall–Kier alpha value is -3.30. The number of pyridine rings is 1. The van der Waals surface area contributed by atoms with E-state index in [0.717, 1.165) is 28.7 Å². The molecule has 3 heterocycles. The first-order valence-electron chi connectivity index (χ1n) is 11.1. The smallest absolute Gasteiger partial charge is 0.201 e. The second-order valence-electron chi connectivity index (χ2n) is 8.86. The number of hydrogen-bond acceptors (Lipinski definition) is 5. The maximum Gasteiger partial charge on any atom is 0.201 e. The molecule has 0 amide bonds. The van der Waals surface area contributed by atoms with Crippen LogP contribution in [-0.4, -0.2) is 37.9 Å².